The smallest absolute Gasteiger partial charge is 0.264 e. The van der Waals surface area contributed by atoms with E-state index in [4.69, 9.17) is 11.6 Å². The Bertz CT molecular complexity index is 1350. The zero-order valence-corrected chi connectivity index (χ0v) is 22.9. The Balaban J connectivity index is 2.00. The molecule has 0 fully saturated rings. The van der Waals surface area contributed by atoms with Crippen LogP contribution in [0, 0.1) is 5.82 Å². The molecule has 0 saturated carbocycles. The number of halogens is 2. The predicted molar refractivity (Wildman–Crippen MR) is 147 cm³/mol. The molecule has 3 rings (SSSR count). The lowest BCUT2D eigenvalue weighted by molar-refractivity contribution is -0.139. The van der Waals surface area contributed by atoms with Crippen molar-refractivity contribution in [3.63, 3.8) is 0 Å². The monoisotopic (exact) mass is 559 g/mol. The average Bonchev–Trinajstić information content (AvgIpc) is 2.91. The SMILES string of the molecule is CCCCNC(=O)C(C)N(Cc1ccccc1F)C(=O)CN(c1cccc(Cl)c1)S(=O)(=O)c1ccccc1. The minimum Gasteiger partial charge on any atom is -0.354 e. The lowest BCUT2D eigenvalue weighted by Crippen LogP contribution is -2.51. The van der Waals surface area contributed by atoms with Gasteiger partial charge in [0, 0.05) is 23.7 Å². The number of anilines is 1. The molecule has 1 unspecified atom stereocenters. The Kier molecular flexibility index (Phi) is 10.3. The summed E-state index contributed by atoms with van der Waals surface area (Å²) in [5.74, 6) is -1.62. The molecule has 0 aromatic heterocycles. The number of carbonyl (C=O) groups is 2. The number of sulfonamides is 1. The van der Waals surface area contributed by atoms with Gasteiger partial charge in [-0.05, 0) is 49.7 Å². The summed E-state index contributed by atoms with van der Waals surface area (Å²) in [7, 11) is -4.19. The zero-order chi connectivity index (χ0) is 27.7. The third-order valence-corrected chi connectivity index (χ3v) is 8.02. The summed E-state index contributed by atoms with van der Waals surface area (Å²) >= 11 is 6.15. The second-order valence-corrected chi connectivity index (χ2v) is 11.0. The molecule has 10 heteroatoms. The van der Waals surface area contributed by atoms with Crippen molar-refractivity contribution in [3.8, 4) is 0 Å². The van der Waals surface area contributed by atoms with Crippen LogP contribution in [0.15, 0.2) is 83.8 Å². The molecule has 0 bridgehead atoms. The van der Waals surface area contributed by atoms with E-state index < -0.39 is 40.2 Å². The third kappa shape index (κ3) is 7.33. The molecule has 3 aromatic carbocycles. The fourth-order valence-corrected chi connectivity index (χ4v) is 5.42. The number of amides is 2. The summed E-state index contributed by atoms with van der Waals surface area (Å²) in [4.78, 5) is 27.9. The fourth-order valence-electron chi connectivity index (χ4n) is 3.81. The Morgan fingerprint density at radius 2 is 1.68 bits per heavy atom. The number of rotatable bonds is 12. The average molecular weight is 560 g/mol. The molecule has 1 atom stereocenters. The van der Waals surface area contributed by atoms with Gasteiger partial charge in [0.25, 0.3) is 10.0 Å². The molecule has 0 aliphatic heterocycles. The Labute approximate surface area is 228 Å². The third-order valence-electron chi connectivity index (χ3n) is 6.00. The molecule has 7 nitrogen and oxygen atoms in total. The largest absolute Gasteiger partial charge is 0.354 e. The standard InChI is InChI=1S/C28H31ClFN3O4S/c1-3-4-17-31-28(35)21(2)32(19-22-11-8-9-16-26(22)30)27(34)20-33(24-13-10-12-23(29)18-24)38(36,37)25-14-6-5-7-15-25/h5-16,18,21H,3-4,17,19-20H2,1-2H3,(H,31,35). The van der Waals surface area contributed by atoms with Crippen LogP contribution in [0.5, 0.6) is 0 Å². The highest BCUT2D eigenvalue weighted by atomic mass is 35.5. The molecular weight excluding hydrogens is 529 g/mol. The molecule has 202 valence electrons. The van der Waals surface area contributed by atoms with Gasteiger partial charge in [0.1, 0.15) is 18.4 Å². The van der Waals surface area contributed by atoms with Crippen LogP contribution < -0.4 is 9.62 Å². The van der Waals surface area contributed by atoms with Crippen molar-refractivity contribution < 1.29 is 22.4 Å². The number of carbonyl (C=O) groups excluding carboxylic acids is 2. The van der Waals surface area contributed by atoms with Gasteiger partial charge in [0.15, 0.2) is 0 Å². The van der Waals surface area contributed by atoms with Crippen molar-refractivity contribution in [3.05, 3.63) is 95.3 Å². The first-order valence-electron chi connectivity index (χ1n) is 12.3. The van der Waals surface area contributed by atoms with Crippen LogP contribution in [0.3, 0.4) is 0 Å². The Morgan fingerprint density at radius 1 is 1.00 bits per heavy atom. The summed E-state index contributed by atoms with van der Waals surface area (Å²) in [6.45, 7) is 3.11. The van der Waals surface area contributed by atoms with Crippen LogP contribution in [-0.2, 0) is 26.2 Å². The molecular formula is C28H31ClFN3O4S. The van der Waals surface area contributed by atoms with E-state index in [0.29, 0.717) is 6.54 Å². The number of nitrogens with zero attached hydrogens (tertiary/aromatic N) is 2. The van der Waals surface area contributed by atoms with Crippen LogP contribution in [0.2, 0.25) is 5.02 Å². The summed E-state index contributed by atoms with van der Waals surface area (Å²) in [6, 6.07) is 18.8. The highest BCUT2D eigenvalue weighted by molar-refractivity contribution is 7.92. The summed E-state index contributed by atoms with van der Waals surface area (Å²) in [5, 5.41) is 3.08. The summed E-state index contributed by atoms with van der Waals surface area (Å²) in [6.07, 6.45) is 1.63. The van der Waals surface area contributed by atoms with E-state index in [0.717, 1.165) is 17.1 Å². The second-order valence-electron chi connectivity index (χ2n) is 8.74. The molecule has 0 saturated heterocycles. The maximum Gasteiger partial charge on any atom is 0.264 e. The van der Waals surface area contributed by atoms with Gasteiger partial charge in [-0.3, -0.25) is 13.9 Å². The van der Waals surface area contributed by atoms with E-state index in [1.165, 1.54) is 54.3 Å². The molecule has 0 spiro atoms. The van der Waals surface area contributed by atoms with E-state index in [2.05, 4.69) is 5.32 Å². The topological polar surface area (TPSA) is 86.8 Å². The van der Waals surface area contributed by atoms with Gasteiger partial charge >= 0.3 is 0 Å². The predicted octanol–water partition coefficient (Wildman–Crippen LogP) is 5.01. The van der Waals surface area contributed by atoms with Gasteiger partial charge in [0.2, 0.25) is 11.8 Å². The normalized spacial score (nSPS) is 12.0. The van der Waals surface area contributed by atoms with Crippen molar-refractivity contribution in [1.29, 1.82) is 0 Å². The quantitative estimate of drug-likeness (QED) is 0.316. The number of benzene rings is 3. The van der Waals surface area contributed by atoms with Crippen LogP contribution in [0.1, 0.15) is 32.3 Å². The van der Waals surface area contributed by atoms with Crippen LogP contribution >= 0.6 is 11.6 Å². The van der Waals surface area contributed by atoms with Crippen LogP contribution in [0.4, 0.5) is 10.1 Å². The molecule has 0 radical (unpaired) electrons. The van der Waals surface area contributed by atoms with Crippen molar-refractivity contribution in [2.45, 2.75) is 44.2 Å². The van der Waals surface area contributed by atoms with Crippen LogP contribution in [-0.4, -0.2) is 44.3 Å². The van der Waals surface area contributed by atoms with Gasteiger partial charge in [-0.25, -0.2) is 12.8 Å². The highest BCUT2D eigenvalue weighted by Crippen LogP contribution is 2.27. The van der Waals surface area contributed by atoms with E-state index in [-0.39, 0.29) is 27.7 Å². The molecule has 0 aliphatic carbocycles. The van der Waals surface area contributed by atoms with Crippen molar-refractivity contribution in [2.24, 2.45) is 0 Å². The van der Waals surface area contributed by atoms with E-state index in [9.17, 15) is 22.4 Å². The van der Waals surface area contributed by atoms with Crippen molar-refractivity contribution in [1.82, 2.24) is 10.2 Å². The second kappa shape index (κ2) is 13.4. The minimum absolute atomic E-state index is 0.0150. The number of unbranched alkanes of at least 4 members (excludes halogenated alkanes) is 1. The Hall–Kier alpha value is -3.43. The number of nitrogens with one attached hydrogen (secondary N) is 1. The zero-order valence-electron chi connectivity index (χ0n) is 21.3. The maximum absolute atomic E-state index is 14.5. The van der Waals surface area contributed by atoms with Crippen molar-refractivity contribution in [2.75, 3.05) is 17.4 Å². The first kappa shape index (κ1) is 29.1. The minimum atomic E-state index is -4.19. The van der Waals surface area contributed by atoms with E-state index in [1.807, 2.05) is 6.92 Å². The fraction of sp³-hybridized carbons (Fsp3) is 0.286. The molecule has 0 heterocycles. The molecule has 2 amide bonds. The maximum atomic E-state index is 14.5. The van der Waals surface area contributed by atoms with Gasteiger partial charge < -0.3 is 10.2 Å². The van der Waals surface area contributed by atoms with Crippen LogP contribution in [0.25, 0.3) is 0 Å². The summed E-state index contributed by atoms with van der Waals surface area (Å²) < 4.78 is 42.8. The summed E-state index contributed by atoms with van der Waals surface area (Å²) in [5.41, 5.74) is 0.384. The van der Waals surface area contributed by atoms with Gasteiger partial charge in [-0.1, -0.05) is 67.4 Å². The van der Waals surface area contributed by atoms with E-state index >= 15 is 0 Å². The van der Waals surface area contributed by atoms with Gasteiger partial charge in [-0.2, -0.15) is 0 Å². The lowest BCUT2D eigenvalue weighted by atomic mass is 10.1. The van der Waals surface area contributed by atoms with Gasteiger partial charge in [-0.15, -0.1) is 0 Å². The van der Waals surface area contributed by atoms with E-state index in [1.54, 1.807) is 36.4 Å². The number of hydrogen-bond donors (Lipinski definition) is 1. The van der Waals surface area contributed by atoms with Gasteiger partial charge in [0.05, 0.1) is 10.6 Å². The molecule has 38 heavy (non-hydrogen) atoms. The molecule has 0 aliphatic rings. The van der Waals surface area contributed by atoms with Crippen molar-refractivity contribution >= 4 is 39.1 Å². The molecule has 1 N–H and O–H groups in total. The first-order chi connectivity index (χ1) is 18.1. The first-order valence-corrected chi connectivity index (χ1v) is 14.1. The lowest BCUT2D eigenvalue weighted by Gasteiger charge is -2.32. The Morgan fingerprint density at radius 3 is 2.34 bits per heavy atom. The number of hydrogen-bond acceptors (Lipinski definition) is 4. The highest BCUT2D eigenvalue weighted by Gasteiger charge is 2.32. The molecule has 3 aromatic rings.